The van der Waals surface area contributed by atoms with Crippen LogP contribution in [-0.2, 0) is 0 Å². The van der Waals surface area contributed by atoms with Crippen molar-refractivity contribution in [3.05, 3.63) is 6.92 Å². The molecule has 259 valence electrons. The maximum Gasteiger partial charge on any atom is -0.0414 e. The standard InChI is InChI=1S/C43H87/c1-4-6-8-10-12-14-16-18-20-22-23-24-26-28-30-32-34-36-38-40-42-43(3)41-39-37-35-33-31-29-27-25-21-19-17-15-13-11-9-7-5-2/h43H,3-42H2,1-2H3. The predicted octanol–water partition coefficient (Wildman–Crippen LogP) is 16.7. The van der Waals surface area contributed by atoms with E-state index in [9.17, 15) is 0 Å². The lowest BCUT2D eigenvalue weighted by atomic mass is 9.95. The van der Waals surface area contributed by atoms with E-state index in [1.54, 1.807) is 0 Å². The Bertz CT molecular complexity index is 453. The molecule has 1 atom stereocenters. The van der Waals surface area contributed by atoms with Gasteiger partial charge in [-0.1, -0.05) is 271 Å². The molecule has 0 aliphatic carbocycles. The van der Waals surface area contributed by atoms with Crippen LogP contribution in [0.25, 0.3) is 0 Å². The molecule has 0 saturated carbocycles. The second-order valence-electron chi connectivity index (χ2n) is 14.8. The molecule has 0 fully saturated rings. The van der Waals surface area contributed by atoms with Crippen LogP contribution in [0.3, 0.4) is 0 Å². The van der Waals surface area contributed by atoms with Crippen molar-refractivity contribution in [1.29, 1.82) is 0 Å². The number of hydrogen-bond acceptors (Lipinski definition) is 0. The molecular formula is C43H87. The van der Waals surface area contributed by atoms with Crippen molar-refractivity contribution < 1.29 is 0 Å². The molecule has 0 N–H and O–H groups in total. The highest BCUT2D eigenvalue weighted by Crippen LogP contribution is 2.20. The summed E-state index contributed by atoms with van der Waals surface area (Å²) in [6.45, 7) is 9.09. The summed E-state index contributed by atoms with van der Waals surface area (Å²) in [5.74, 6) is 0.715. The average molecular weight is 604 g/mol. The van der Waals surface area contributed by atoms with Gasteiger partial charge >= 0.3 is 0 Å². The first kappa shape index (κ1) is 43.0. The van der Waals surface area contributed by atoms with Crippen LogP contribution in [0.1, 0.15) is 264 Å². The van der Waals surface area contributed by atoms with Gasteiger partial charge in [-0.05, 0) is 5.92 Å². The Balaban J connectivity index is 3.13. The highest BCUT2D eigenvalue weighted by molar-refractivity contribution is 4.62. The fraction of sp³-hybridized carbons (Fsp3) is 0.977. The van der Waals surface area contributed by atoms with Crippen molar-refractivity contribution in [2.45, 2.75) is 264 Å². The van der Waals surface area contributed by atoms with Gasteiger partial charge in [0.25, 0.3) is 0 Å². The highest BCUT2D eigenvalue weighted by Gasteiger charge is 2.03. The zero-order chi connectivity index (χ0) is 31.2. The topological polar surface area (TPSA) is 0 Å². The van der Waals surface area contributed by atoms with Gasteiger partial charge in [-0.25, -0.2) is 0 Å². The summed E-state index contributed by atoms with van der Waals surface area (Å²) in [4.78, 5) is 0. The van der Waals surface area contributed by atoms with Gasteiger partial charge in [0, 0.05) is 0 Å². The Morgan fingerprint density at radius 1 is 0.233 bits per heavy atom. The Hall–Kier alpha value is 0. The minimum Gasteiger partial charge on any atom is -0.0654 e. The SMILES string of the molecule is [CH2]C(CCCCCCCCCCCCCCCCCCC)CCCCCCCCCCCCCCCCCCCCCC. The summed E-state index contributed by atoms with van der Waals surface area (Å²) in [5, 5.41) is 0. The summed E-state index contributed by atoms with van der Waals surface area (Å²) < 4.78 is 0. The molecule has 0 nitrogen and oxygen atoms in total. The first-order chi connectivity index (χ1) is 21.3. The van der Waals surface area contributed by atoms with Crippen LogP contribution in [0.15, 0.2) is 0 Å². The molecule has 0 aromatic heterocycles. The van der Waals surface area contributed by atoms with E-state index < -0.39 is 0 Å². The van der Waals surface area contributed by atoms with E-state index in [0.29, 0.717) is 5.92 Å². The highest BCUT2D eigenvalue weighted by atomic mass is 14.1. The van der Waals surface area contributed by atoms with E-state index in [-0.39, 0.29) is 0 Å². The molecule has 0 amide bonds. The minimum atomic E-state index is 0.715. The van der Waals surface area contributed by atoms with Gasteiger partial charge < -0.3 is 0 Å². The lowest BCUT2D eigenvalue weighted by Crippen LogP contribution is -1.95. The molecule has 0 spiro atoms. The summed E-state index contributed by atoms with van der Waals surface area (Å²) in [6, 6.07) is 0. The smallest absolute Gasteiger partial charge is 0.0414 e. The molecule has 0 aromatic carbocycles. The zero-order valence-electron chi connectivity index (χ0n) is 30.9. The second-order valence-corrected chi connectivity index (χ2v) is 14.8. The Labute approximate surface area is 276 Å². The third-order valence-electron chi connectivity index (χ3n) is 10.2. The van der Waals surface area contributed by atoms with Crippen LogP contribution in [0, 0.1) is 12.8 Å². The van der Waals surface area contributed by atoms with E-state index in [2.05, 4.69) is 20.8 Å². The van der Waals surface area contributed by atoms with Crippen LogP contribution in [0.2, 0.25) is 0 Å². The molecule has 0 saturated heterocycles. The zero-order valence-corrected chi connectivity index (χ0v) is 30.9. The van der Waals surface area contributed by atoms with Gasteiger partial charge in [0.2, 0.25) is 0 Å². The maximum absolute atomic E-state index is 4.47. The molecule has 1 unspecified atom stereocenters. The largest absolute Gasteiger partial charge is 0.0654 e. The van der Waals surface area contributed by atoms with Crippen LogP contribution in [0.5, 0.6) is 0 Å². The normalized spacial score (nSPS) is 12.3. The van der Waals surface area contributed by atoms with Crippen LogP contribution in [0.4, 0.5) is 0 Å². The van der Waals surface area contributed by atoms with Crippen molar-refractivity contribution >= 4 is 0 Å². The van der Waals surface area contributed by atoms with E-state index >= 15 is 0 Å². The van der Waals surface area contributed by atoms with Gasteiger partial charge in [-0.15, -0.1) is 0 Å². The fourth-order valence-corrected chi connectivity index (χ4v) is 6.99. The van der Waals surface area contributed by atoms with Crippen LogP contribution in [-0.4, -0.2) is 0 Å². The number of rotatable bonds is 39. The van der Waals surface area contributed by atoms with Gasteiger partial charge in [-0.3, -0.25) is 0 Å². The third-order valence-corrected chi connectivity index (χ3v) is 10.2. The molecular weight excluding hydrogens is 516 g/mol. The lowest BCUT2D eigenvalue weighted by Gasteiger charge is -2.11. The molecule has 0 aliphatic heterocycles. The summed E-state index contributed by atoms with van der Waals surface area (Å²) in [7, 11) is 0. The average Bonchev–Trinajstić information content (AvgIpc) is 3.01. The Morgan fingerprint density at radius 3 is 0.535 bits per heavy atom. The first-order valence-corrected chi connectivity index (χ1v) is 21.1. The maximum atomic E-state index is 4.47. The van der Waals surface area contributed by atoms with Crippen molar-refractivity contribution in [3.63, 3.8) is 0 Å². The van der Waals surface area contributed by atoms with Gasteiger partial charge in [-0.2, -0.15) is 0 Å². The van der Waals surface area contributed by atoms with E-state index in [1.807, 2.05) is 0 Å². The number of unbranched alkanes of at least 4 members (excludes halogenated alkanes) is 35. The summed E-state index contributed by atoms with van der Waals surface area (Å²) in [5.41, 5.74) is 0. The molecule has 0 aliphatic rings. The molecule has 0 rings (SSSR count). The third kappa shape index (κ3) is 40.0. The minimum absolute atomic E-state index is 0.715. The van der Waals surface area contributed by atoms with Gasteiger partial charge in [0.1, 0.15) is 0 Å². The summed E-state index contributed by atoms with van der Waals surface area (Å²) >= 11 is 0. The monoisotopic (exact) mass is 604 g/mol. The van der Waals surface area contributed by atoms with Gasteiger partial charge in [0.15, 0.2) is 0 Å². The van der Waals surface area contributed by atoms with Crippen molar-refractivity contribution in [3.8, 4) is 0 Å². The fourth-order valence-electron chi connectivity index (χ4n) is 6.99. The Kier molecular flexibility index (Phi) is 40.0. The Morgan fingerprint density at radius 2 is 0.372 bits per heavy atom. The number of hydrogen-bond donors (Lipinski definition) is 0. The molecule has 0 aromatic rings. The summed E-state index contributed by atoms with van der Waals surface area (Å²) in [6.07, 6.45) is 57.0. The quantitative estimate of drug-likeness (QED) is 0.0613. The molecule has 0 heteroatoms. The van der Waals surface area contributed by atoms with Crippen molar-refractivity contribution in [2.24, 2.45) is 5.92 Å². The van der Waals surface area contributed by atoms with Gasteiger partial charge in [0.05, 0.1) is 0 Å². The van der Waals surface area contributed by atoms with E-state index in [0.717, 1.165) is 0 Å². The second kappa shape index (κ2) is 40.0. The molecule has 1 radical (unpaired) electrons. The van der Waals surface area contributed by atoms with Crippen molar-refractivity contribution in [1.82, 2.24) is 0 Å². The van der Waals surface area contributed by atoms with Crippen LogP contribution < -0.4 is 0 Å². The van der Waals surface area contributed by atoms with E-state index in [1.165, 1.54) is 250 Å². The van der Waals surface area contributed by atoms with Crippen molar-refractivity contribution in [2.75, 3.05) is 0 Å². The first-order valence-electron chi connectivity index (χ1n) is 21.1. The predicted molar refractivity (Wildman–Crippen MR) is 200 cm³/mol. The molecule has 43 heavy (non-hydrogen) atoms. The molecule has 0 heterocycles. The lowest BCUT2D eigenvalue weighted by molar-refractivity contribution is 0.459. The van der Waals surface area contributed by atoms with E-state index in [4.69, 9.17) is 0 Å². The molecule has 0 bridgehead atoms. The van der Waals surface area contributed by atoms with Crippen LogP contribution >= 0.6 is 0 Å².